The lowest BCUT2D eigenvalue weighted by molar-refractivity contribution is -0.109. The van der Waals surface area contributed by atoms with Crippen molar-refractivity contribution in [3.8, 4) is 5.75 Å². The molecule has 0 bridgehead atoms. The van der Waals surface area contributed by atoms with Crippen molar-refractivity contribution in [1.29, 1.82) is 0 Å². The van der Waals surface area contributed by atoms with Gasteiger partial charge >= 0.3 is 0 Å². The molecular weight excluding hydrogens is 262 g/mol. The molecule has 2 rings (SSSR count). The number of hydrogen-bond acceptors (Lipinski definition) is 3. The lowest BCUT2D eigenvalue weighted by Crippen LogP contribution is -2.59. The van der Waals surface area contributed by atoms with Crippen molar-refractivity contribution in [3.63, 3.8) is 0 Å². The first-order chi connectivity index (χ1) is 10.1. The van der Waals surface area contributed by atoms with Gasteiger partial charge in [-0.3, -0.25) is 0 Å². The van der Waals surface area contributed by atoms with Gasteiger partial charge in [-0.1, -0.05) is 26.8 Å². The van der Waals surface area contributed by atoms with Crippen molar-refractivity contribution < 1.29 is 9.47 Å². The van der Waals surface area contributed by atoms with Gasteiger partial charge in [-0.25, -0.2) is 0 Å². The molecule has 3 unspecified atom stereocenters. The Morgan fingerprint density at radius 1 is 1.29 bits per heavy atom. The third kappa shape index (κ3) is 3.52. The Hall–Kier alpha value is -1.22. The van der Waals surface area contributed by atoms with Crippen molar-refractivity contribution in [1.82, 2.24) is 0 Å². The second-order valence-corrected chi connectivity index (χ2v) is 6.11. The fourth-order valence-corrected chi connectivity index (χ4v) is 3.07. The van der Waals surface area contributed by atoms with Gasteiger partial charge in [0.15, 0.2) is 0 Å². The van der Waals surface area contributed by atoms with Crippen molar-refractivity contribution in [2.24, 2.45) is 5.41 Å². The zero-order chi connectivity index (χ0) is 15.3. The van der Waals surface area contributed by atoms with Crippen LogP contribution in [0.4, 0.5) is 5.69 Å². The van der Waals surface area contributed by atoms with Crippen LogP contribution in [0.1, 0.15) is 47.0 Å². The first-order valence-electron chi connectivity index (χ1n) is 8.25. The molecule has 0 spiro atoms. The smallest absolute Gasteiger partial charge is 0.121 e. The third-order valence-electron chi connectivity index (χ3n) is 4.76. The highest BCUT2D eigenvalue weighted by molar-refractivity contribution is 5.50. The van der Waals surface area contributed by atoms with Crippen LogP contribution in [0.25, 0.3) is 0 Å². The average molecular weight is 291 g/mol. The Morgan fingerprint density at radius 3 is 2.76 bits per heavy atom. The molecule has 0 saturated heterocycles. The van der Waals surface area contributed by atoms with E-state index in [9.17, 15) is 0 Å². The van der Waals surface area contributed by atoms with E-state index in [0.29, 0.717) is 12.1 Å². The van der Waals surface area contributed by atoms with E-state index in [-0.39, 0.29) is 5.41 Å². The quantitative estimate of drug-likeness (QED) is 0.766. The van der Waals surface area contributed by atoms with Crippen LogP contribution in [0.2, 0.25) is 0 Å². The number of anilines is 1. The maximum atomic E-state index is 5.86. The van der Waals surface area contributed by atoms with Crippen molar-refractivity contribution >= 4 is 5.69 Å². The van der Waals surface area contributed by atoms with Gasteiger partial charge in [0.05, 0.1) is 12.7 Å². The van der Waals surface area contributed by atoms with Gasteiger partial charge < -0.3 is 14.8 Å². The second-order valence-electron chi connectivity index (χ2n) is 6.11. The lowest BCUT2D eigenvalue weighted by Gasteiger charge is -2.54. The molecule has 21 heavy (non-hydrogen) atoms. The summed E-state index contributed by atoms with van der Waals surface area (Å²) < 4.78 is 11.6. The van der Waals surface area contributed by atoms with Gasteiger partial charge in [0, 0.05) is 29.8 Å². The molecule has 3 atom stereocenters. The molecule has 118 valence electrons. The summed E-state index contributed by atoms with van der Waals surface area (Å²) in [7, 11) is 0. The van der Waals surface area contributed by atoms with Gasteiger partial charge in [-0.2, -0.15) is 0 Å². The maximum Gasteiger partial charge on any atom is 0.121 e. The highest BCUT2D eigenvalue weighted by Crippen LogP contribution is 2.47. The second kappa shape index (κ2) is 7.17. The molecule has 1 aliphatic carbocycles. The van der Waals surface area contributed by atoms with Gasteiger partial charge in [0.1, 0.15) is 5.75 Å². The maximum absolute atomic E-state index is 5.86. The van der Waals surface area contributed by atoms with Crippen LogP contribution in [-0.2, 0) is 4.74 Å². The first kappa shape index (κ1) is 16.2. The van der Waals surface area contributed by atoms with Crippen LogP contribution in [0.5, 0.6) is 5.75 Å². The molecule has 0 heterocycles. The molecular formula is C18H29NO2. The Morgan fingerprint density at radius 2 is 2.10 bits per heavy atom. The lowest BCUT2D eigenvalue weighted by atomic mass is 9.61. The summed E-state index contributed by atoms with van der Waals surface area (Å²) in [6, 6.07) is 8.75. The molecule has 1 aliphatic rings. The predicted octanol–water partition coefficient (Wildman–Crippen LogP) is 4.48. The molecule has 1 N–H and O–H groups in total. The Balaban J connectivity index is 1.98. The summed E-state index contributed by atoms with van der Waals surface area (Å²) in [5.74, 6) is 0.945. The minimum atomic E-state index is 0.219. The van der Waals surface area contributed by atoms with Crippen LogP contribution in [0.15, 0.2) is 24.3 Å². The SMILES string of the molecule is CCCOc1cccc(NC2CC(OCC)C2(C)CC)c1. The van der Waals surface area contributed by atoms with Crippen LogP contribution in [0.3, 0.4) is 0 Å². The standard InChI is InChI=1S/C18H29NO2/c1-5-11-21-15-10-8-9-14(12-15)19-16-13-17(20-7-3)18(16,4)6-2/h8-10,12,16-17,19H,5-7,11,13H2,1-4H3. The molecule has 1 aromatic rings. The minimum Gasteiger partial charge on any atom is -0.494 e. The van der Waals surface area contributed by atoms with Crippen LogP contribution >= 0.6 is 0 Å². The summed E-state index contributed by atoms with van der Waals surface area (Å²) in [5, 5.41) is 3.67. The number of hydrogen-bond donors (Lipinski definition) is 1. The summed E-state index contributed by atoms with van der Waals surface area (Å²) in [6.07, 6.45) is 3.62. The largest absolute Gasteiger partial charge is 0.494 e. The van der Waals surface area contributed by atoms with E-state index in [1.165, 1.54) is 0 Å². The van der Waals surface area contributed by atoms with E-state index in [2.05, 4.69) is 51.2 Å². The molecule has 1 fully saturated rings. The van der Waals surface area contributed by atoms with Crippen LogP contribution in [-0.4, -0.2) is 25.4 Å². The monoisotopic (exact) mass is 291 g/mol. The fraction of sp³-hybridized carbons (Fsp3) is 0.667. The van der Waals surface area contributed by atoms with Gasteiger partial charge in [0.25, 0.3) is 0 Å². The van der Waals surface area contributed by atoms with Crippen molar-refractivity contribution in [2.75, 3.05) is 18.5 Å². The molecule has 1 saturated carbocycles. The van der Waals surface area contributed by atoms with E-state index in [1.807, 2.05) is 6.07 Å². The molecule has 3 heteroatoms. The Labute approximate surface area is 129 Å². The summed E-state index contributed by atoms with van der Waals surface area (Å²) in [6.45, 7) is 10.3. The molecule has 0 aromatic heterocycles. The highest BCUT2D eigenvalue weighted by Gasteiger charge is 2.51. The number of rotatable bonds is 8. The van der Waals surface area contributed by atoms with Crippen molar-refractivity contribution in [2.45, 2.75) is 59.1 Å². The van der Waals surface area contributed by atoms with Crippen LogP contribution in [0, 0.1) is 5.41 Å². The average Bonchev–Trinajstić information content (AvgIpc) is 2.51. The molecule has 0 radical (unpaired) electrons. The Kier molecular flexibility index (Phi) is 5.51. The van der Waals surface area contributed by atoms with E-state index in [0.717, 1.165) is 43.9 Å². The topological polar surface area (TPSA) is 30.5 Å². The zero-order valence-corrected chi connectivity index (χ0v) is 13.8. The van der Waals surface area contributed by atoms with E-state index in [4.69, 9.17) is 9.47 Å². The minimum absolute atomic E-state index is 0.219. The highest BCUT2D eigenvalue weighted by atomic mass is 16.5. The van der Waals surface area contributed by atoms with E-state index in [1.54, 1.807) is 0 Å². The zero-order valence-electron chi connectivity index (χ0n) is 13.8. The third-order valence-corrected chi connectivity index (χ3v) is 4.76. The molecule has 0 aliphatic heterocycles. The molecule has 0 amide bonds. The molecule has 3 nitrogen and oxygen atoms in total. The van der Waals surface area contributed by atoms with Gasteiger partial charge in [-0.05, 0) is 38.3 Å². The van der Waals surface area contributed by atoms with Crippen molar-refractivity contribution in [3.05, 3.63) is 24.3 Å². The number of ether oxygens (including phenoxy) is 2. The summed E-state index contributed by atoms with van der Waals surface area (Å²) >= 11 is 0. The number of nitrogens with one attached hydrogen (secondary N) is 1. The summed E-state index contributed by atoms with van der Waals surface area (Å²) in [5.41, 5.74) is 1.36. The van der Waals surface area contributed by atoms with E-state index < -0.39 is 0 Å². The molecule has 1 aromatic carbocycles. The summed E-state index contributed by atoms with van der Waals surface area (Å²) in [4.78, 5) is 0. The Bertz CT molecular complexity index is 449. The first-order valence-corrected chi connectivity index (χ1v) is 8.25. The number of benzene rings is 1. The van der Waals surface area contributed by atoms with Crippen LogP contribution < -0.4 is 10.1 Å². The fourth-order valence-electron chi connectivity index (χ4n) is 3.07. The normalized spacial score (nSPS) is 28.0. The predicted molar refractivity (Wildman–Crippen MR) is 88.1 cm³/mol. The van der Waals surface area contributed by atoms with E-state index >= 15 is 0 Å². The van der Waals surface area contributed by atoms with Gasteiger partial charge in [-0.15, -0.1) is 0 Å². The van der Waals surface area contributed by atoms with Gasteiger partial charge in [0.2, 0.25) is 0 Å².